The highest BCUT2D eigenvalue weighted by Gasteiger charge is 2.24. The van der Waals surface area contributed by atoms with Crippen molar-refractivity contribution in [2.75, 3.05) is 17.6 Å². The van der Waals surface area contributed by atoms with E-state index in [2.05, 4.69) is 36.1 Å². The Balaban J connectivity index is 2.59. The minimum absolute atomic E-state index is 0.0181. The third-order valence-corrected chi connectivity index (χ3v) is 3.61. The van der Waals surface area contributed by atoms with Gasteiger partial charge in [0.2, 0.25) is 0 Å². The second-order valence-electron chi connectivity index (χ2n) is 6.20. The van der Waals surface area contributed by atoms with Gasteiger partial charge in [0.15, 0.2) is 5.82 Å². The van der Waals surface area contributed by atoms with Crippen molar-refractivity contribution < 1.29 is 9.90 Å². The summed E-state index contributed by atoms with van der Waals surface area (Å²) in [6, 6.07) is 0. The summed E-state index contributed by atoms with van der Waals surface area (Å²) in [6.45, 7) is 6.88. The Labute approximate surface area is 124 Å². The van der Waals surface area contributed by atoms with Gasteiger partial charge in [-0.05, 0) is 24.2 Å². The number of aromatic nitrogens is 2. The molecule has 1 aromatic heterocycles. The van der Waals surface area contributed by atoms with E-state index >= 15 is 0 Å². The van der Waals surface area contributed by atoms with Gasteiger partial charge < -0.3 is 21.1 Å². The molecule has 1 aromatic rings. The number of nitrogen functional groups attached to an aromatic ring is 1. The first-order valence-electron chi connectivity index (χ1n) is 7.00. The Kier molecular flexibility index (Phi) is 5.75. The number of carbonyl (C=O) groups is 1. The normalized spacial score (nSPS) is 12.9. The Morgan fingerprint density at radius 2 is 2.14 bits per heavy atom. The van der Waals surface area contributed by atoms with Gasteiger partial charge in [-0.2, -0.15) is 0 Å². The predicted octanol–water partition coefficient (Wildman–Crippen LogP) is 1.68. The molecule has 21 heavy (non-hydrogen) atoms. The maximum atomic E-state index is 11.3. The molecule has 1 heterocycles. The van der Waals surface area contributed by atoms with Crippen molar-refractivity contribution in [1.29, 1.82) is 0 Å². The van der Waals surface area contributed by atoms with Crippen molar-refractivity contribution in [1.82, 2.24) is 9.97 Å². The summed E-state index contributed by atoms with van der Waals surface area (Å²) in [4.78, 5) is 28.5. The summed E-state index contributed by atoms with van der Waals surface area (Å²) in [6.07, 6.45) is 2.86. The lowest BCUT2D eigenvalue weighted by molar-refractivity contribution is -0.137. The molecule has 5 N–H and O–H groups in total. The molecule has 0 fully saturated rings. The molecule has 0 aliphatic rings. The van der Waals surface area contributed by atoms with E-state index in [0.717, 1.165) is 6.42 Å². The fourth-order valence-corrected chi connectivity index (χ4v) is 2.22. The lowest BCUT2D eigenvalue weighted by Gasteiger charge is -2.30. The van der Waals surface area contributed by atoms with Crippen LogP contribution in [0.1, 0.15) is 40.0 Å². The third-order valence-electron chi connectivity index (χ3n) is 3.61. The summed E-state index contributed by atoms with van der Waals surface area (Å²) in [5, 5.41) is 11.9. The highest BCUT2D eigenvalue weighted by Crippen LogP contribution is 2.32. The summed E-state index contributed by atoms with van der Waals surface area (Å²) in [5.41, 5.74) is 5.35. The fourth-order valence-electron chi connectivity index (χ4n) is 2.22. The molecular weight excluding hydrogens is 272 g/mol. The smallest absolute Gasteiger partial charge is 0.303 e. The van der Waals surface area contributed by atoms with Crippen molar-refractivity contribution in [2.45, 2.75) is 40.0 Å². The number of anilines is 2. The standard InChI is InChI=1S/C14H24N4O3/c1-14(2,3)9(4-5-10(19)20)6-7-16-12-11(15)13(21)18-8-17-12/h8-9H,4-7,15H2,1-3H3,(H,19,20)(H2,16,17,18,21). The number of nitrogens with two attached hydrogens (primary N) is 1. The van der Waals surface area contributed by atoms with Gasteiger partial charge in [-0.15, -0.1) is 0 Å². The van der Waals surface area contributed by atoms with Gasteiger partial charge in [0.05, 0.1) is 6.33 Å². The number of nitrogens with zero attached hydrogens (tertiary/aromatic N) is 1. The summed E-state index contributed by atoms with van der Waals surface area (Å²) < 4.78 is 0. The van der Waals surface area contributed by atoms with Crippen LogP contribution in [0.5, 0.6) is 0 Å². The van der Waals surface area contributed by atoms with E-state index in [1.165, 1.54) is 6.33 Å². The lowest BCUT2D eigenvalue weighted by Crippen LogP contribution is -2.25. The van der Waals surface area contributed by atoms with E-state index in [1.54, 1.807) is 0 Å². The van der Waals surface area contributed by atoms with Gasteiger partial charge >= 0.3 is 5.97 Å². The number of aromatic amines is 1. The molecular formula is C14H24N4O3. The summed E-state index contributed by atoms with van der Waals surface area (Å²) in [5.74, 6) is -0.160. The van der Waals surface area contributed by atoms with Gasteiger partial charge in [0, 0.05) is 13.0 Å². The first kappa shape index (κ1) is 17.0. The van der Waals surface area contributed by atoms with Crippen LogP contribution in [-0.4, -0.2) is 27.6 Å². The van der Waals surface area contributed by atoms with Crippen LogP contribution in [-0.2, 0) is 4.79 Å². The van der Waals surface area contributed by atoms with Crippen molar-refractivity contribution in [2.24, 2.45) is 11.3 Å². The highest BCUT2D eigenvalue weighted by molar-refractivity contribution is 5.66. The molecule has 1 atom stereocenters. The average Bonchev–Trinajstić information content (AvgIpc) is 2.36. The molecule has 7 heteroatoms. The zero-order valence-electron chi connectivity index (χ0n) is 12.8. The molecule has 0 aliphatic carbocycles. The minimum Gasteiger partial charge on any atom is -0.481 e. The quantitative estimate of drug-likeness (QED) is 0.607. The molecule has 0 amide bonds. The number of carboxylic acid groups (broad SMARTS) is 1. The molecule has 0 bridgehead atoms. The zero-order valence-corrected chi connectivity index (χ0v) is 12.8. The number of aliphatic carboxylic acids is 1. The number of hydrogen-bond acceptors (Lipinski definition) is 5. The molecule has 0 aromatic carbocycles. The van der Waals surface area contributed by atoms with Gasteiger partial charge in [-0.1, -0.05) is 20.8 Å². The van der Waals surface area contributed by atoms with Gasteiger partial charge in [-0.25, -0.2) is 4.98 Å². The van der Waals surface area contributed by atoms with Crippen LogP contribution in [0.4, 0.5) is 11.5 Å². The van der Waals surface area contributed by atoms with Gasteiger partial charge in [0.1, 0.15) is 5.69 Å². The fraction of sp³-hybridized carbons (Fsp3) is 0.643. The Morgan fingerprint density at radius 3 is 2.71 bits per heavy atom. The summed E-state index contributed by atoms with van der Waals surface area (Å²) >= 11 is 0. The van der Waals surface area contributed by atoms with E-state index in [9.17, 15) is 9.59 Å². The van der Waals surface area contributed by atoms with Gasteiger partial charge in [0.25, 0.3) is 5.56 Å². The monoisotopic (exact) mass is 296 g/mol. The number of rotatable bonds is 7. The minimum atomic E-state index is -0.780. The van der Waals surface area contributed by atoms with Gasteiger partial charge in [-0.3, -0.25) is 9.59 Å². The van der Waals surface area contributed by atoms with Crippen LogP contribution in [0.2, 0.25) is 0 Å². The number of carboxylic acids is 1. The number of nitrogens with one attached hydrogen (secondary N) is 2. The van der Waals surface area contributed by atoms with Crippen LogP contribution < -0.4 is 16.6 Å². The average molecular weight is 296 g/mol. The van der Waals surface area contributed by atoms with Crippen LogP contribution in [0.25, 0.3) is 0 Å². The molecule has 1 rings (SSSR count). The number of hydrogen-bond donors (Lipinski definition) is 4. The largest absolute Gasteiger partial charge is 0.481 e. The van der Waals surface area contributed by atoms with Crippen molar-refractivity contribution in [3.63, 3.8) is 0 Å². The van der Waals surface area contributed by atoms with Crippen molar-refractivity contribution >= 4 is 17.5 Å². The van der Waals surface area contributed by atoms with Crippen molar-refractivity contribution in [3.8, 4) is 0 Å². The second kappa shape index (κ2) is 7.10. The van der Waals surface area contributed by atoms with E-state index in [1.807, 2.05) is 0 Å². The molecule has 0 aliphatic heterocycles. The molecule has 0 saturated carbocycles. The van der Waals surface area contributed by atoms with Crippen LogP contribution in [0, 0.1) is 11.3 Å². The summed E-state index contributed by atoms with van der Waals surface area (Å²) in [7, 11) is 0. The maximum Gasteiger partial charge on any atom is 0.303 e. The Hall–Kier alpha value is -2.05. The molecule has 118 valence electrons. The Bertz CT molecular complexity index is 534. The van der Waals surface area contributed by atoms with Crippen molar-refractivity contribution in [3.05, 3.63) is 16.7 Å². The first-order chi connectivity index (χ1) is 9.71. The van der Waals surface area contributed by atoms with E-state index in [-0.39, 0.29) is 29.0 Å². The molecule has 0 spiro atoms. The SMILES string of the molecule is CC(C)(C)C(CCNc1nc[nH]c(=O)c1N)CCC(=O)O. The molecule has 0 radical (unpaired) electrons. The molecule has 1 unspecified atom stereocenters. The second-order valence-corrected chi connectivity index (χ2v) is 6.20. The van der Waals surface area contributed by atoms with E-state index in [4.69, 9.17) is 10.8 Å². The van der Waals surface area contributed by atoms with Crippen LogP contribution in [0.3, 0.4) is 0 Å². The molecule has 0 saturated heterocycles. The van der Waals surface area contributed by atoms with Crippen LogP contribution >= 0.6 is 0 Å². The first-order valence-corrected chi connectivity index (χ1v) is 7.00. The van der Waals surface area contributed by atoms with E-state index in [0.29, 0.717) is 18.8 Å². The Morgan fingerprint density at radius 1 is 1.48 bits per heavy atom. The predicted molar refractivity (Wildman–Crippen MR) is 82.2 cm³/mol. The topological polar surface area (TPSA) is 121 Å². The highest BCUT2D eigenvalue weighted by atomic mass is 16.4. The number of H-pyrrole nitrogens is 1. The lowest BCUT2D eigenvalue weighted by atomic mass is 9.76. The molecule has 7 nitrogen and oxygen atoms in total. The van der Waals surface area contributed by atoms with E-state index < -0.39 is 5.97 Å². The third kappa shape index (κ3) is 5.45. The maximum absolute atomic E-state index is 11.3. The van der Waals surface area contributed by atoms with Crippen LogP contribution in [0.15, 0.2) is 11.1 Å². The zero-order chi connectivity index (χ0) is 16.0.